The Bertz CT molecular complexity index is 449. The van der Waals surface area contributed by atoms with Crippen LogP contribution in [0.4, 0.5) is 0 Å². The molecule has 0 radical (unpaired) electrons. The number of nitrogens with two attached hydrogens (primary N) is 1. The summed E-state index contributed by atoms with van der Waals surface area (Å²) in [4.78, 5) is 4.14. The van der Waals surface area contributed by atoms with Gasteiger partial charge in [0.25, 0.3) is 5.89 Å². The average molecular weight is 224 g/mol. The van der Waals surface area contributed by atoms with Gasteiger partial charge in [-0.05, 0) is 6.92 Å². The largest absolute Gasteiger partial charge is 0.382 e. The van der Waals surface area contributed by atoms with Crippen molar-refractivity contribution >= 4 is 0 Å². The van der Waals surface area contributed by atoms with E-state index in [1.54, 1.807) is 20.1 Å². The fourth-order valence-corrected chi connectivity index (χ4v) is 1.25. The van der Waals surface area contributed by atoms with Gasteiger partial charge in [-0.3, -0.25) is 0 Å². The average Bonchev–Trinajstić information content (AvgIpc) is 2.89. The van der Waals surface area contributed by atoms with E-state index in [1.165, 1.54) is 6.26 Å². The number of aromatic nitrogens is 3. The molecular weight excluding hydrogens is 212 g/mol. The fourth-order valence-electron chi connectivity index (χ4n) is 1.25. The number of hydrogen-bond donors (Lipinski definition) is 1. The Morgan fingerprint density at radius 1 is 1.50 bits per heavy atom. The first-order chi connectivity index (χ1) is 7.63. The van der Waals surface area contributed by atoms with E-state index >= 15 is 0 Å². The highest BCUT2D eigenvalue weighted by Crippen LogP contribution is 2.19. The molecule has 1 unspecified atom stereocenters. The molecule has 0 bridgehead atoms. The van der Waals surface area contributed by atoms with Crippen molar-refractivity contribution < 1.29 is 13.8 Å². The lowest BCUT2D eigenvalue weighted by Crippen LogP contribution is -2.38. The summed E-state index contributed by atoms with van der Waals surface area (Å²) in [6.45, 7) is 2.05. The van der Waals surface area contributed by atoms with Gasteiger partial charge in [-0.2, -0.15) is 4.98 Å². The molecular formula is C9H12N4O3. The van der Waals surface area contributed by atoms with E-state index in [0.29, 0.717) is 18.1 Å². The third-order valence-electron chi connectivity index (χ3n) is 2.04. The summed E-state index contributed by atoms with van der Waals surface area (Å²) in [6, 6.07) is 1.63. The molecule has 0 fully saturated rings. The van der Waals surface area contributed by atoms with Crippen molar-refractivity contribution in [3.63, 3.8) is 0 Å². The van der Waals surface area contributed by atoms with Crippen molar-refractivity contribution in [2.45, 2.75) is 12.5 Å². The summed E-state index contributed by atoms with van der Waals surface area (Å²) >= 11 is 0. The van der Waals surface area contributed by atoms with Gasteiger partial charge in [0.2, 0.25) is 0 Å². The Morgan fingerprint density at radius 3 is 2.94 bits per heavy atom. The van der Waals surface area contributed by atoms with Gasteiger partial charge in [0.05, 0.1) is 6.61 Å². The topological polar surface area (TPSA) is 100 Å². The summed E-state index contributed by atoms with van der Waals surface area (Å²) in [5.74, 6) is 0.642. The maximum absolute atomic E-state index is 5.96. The molecule has 0 saturated heterocycles. The van der Waals surface area contributed by atoms with E-state index in [-0.39, 0.29) is 5.89 Å². The molecule has 7 heteroatoms. The molecule has 7 nitrogen and oxygen atoms in total. The van der Waals surface area contributed by atoms with Crippen LogP contribution in [0.3, 0.4) is 0 Å². The predicted molar refractivity (Wildman–Crippen MR) is 53.2 cm³/mol. The number of nitrogens with zero attached hydrogens (tertiary/aromatic N) is 3. The summed E-state index contributed by atoms with van der Waals surface area (Å²) in [7, 11) is 1.56. The van der Waals surface area contributed by atoms with Crippen LogP contribution in [0.15, 0.2) is 21.4 Å². The molecule has 2 N–H and O–H groups in total. The van der Waals surface area contributed by atoms with Gasteiger partial charge in [0.15, 0.2) is 11.5 Å². The third kappa shape index (κ3) is 1.95. The van der Waals surface area contributed by atoms with Crippen LogP contribution < -0.4 is 5.73 Å². The highest BCUT2D eigenvalue weighted by Gasteiger charge is 2.28. The van der Waals surface area contributed by atoms with Crippen molar-refractivity contribution in [1.29, 1.82) is 0 Å². The van der Waals surface area contributed by atoms with Gasteiger partial charge in [-0.15, -0.1) is 0 Å². The van der Waals surface area contributed by atoms with Crippen molar-refractivity contribution in [2.75, 3.05) is 13.7 Å². The third-order valence-corrected chi connectivity index (χ3v) is 2.04. The van der Waals surface area contributed by atoms with E-state index in [2.05, 4.69) is 19.8 Å². The second kappa shape index (κ2) is 4.03. The SMILES string of the molecule is COCC(C)(N)c1noc(-c2ccon2)n1. The Hall–Kier alpha value is -1.73. The van der Waals surface area contributed by atoms with Gasteiger partial charge in [0.1, 0.15) is 11.8 Å². The predicted octanol–water partition coefficient (Wildman–Crippen LogP) is 0.545. The molecule has 2 aromatic rings. The lowest BCUT2D eigenvalue weighted by molar-refractivity contribution is 0.135. The smallest absolute Gasteiger partial charge is 0.280 e. The summed E-state index contributed by atoms with van der Waals surface area (Å²) in [5, 5.41) is 7.47. The summed E-state index contributed by atoms with van der Waals surface area (Å²) < 4.78 is 14.7. The Morgan fingerprint density at radius 2 is 2.31 bits per heavy atom. The molecule has 0 aromatic carbocycles. The van der Waals surface area contributed by atoms with Crippen LogP contribution in [0.1, 0.15) is 12.7 Å². The highest BCUT2D eigenvalue weighted by molar-refractivity contribution is 5.44. The van der Waals surface area contributed by atoms with E-state index in [1.807, 2.05) is 0 Å². The molecule has 0 aliphatic rings. The zero-order valence-electron chi connectivity index (χ0n) is 9.01. The molecule has 1 atom stereocenters. The molecule has 0 aliphatic heterocycles. The Balaban J connectivity index is 2.26. The van der Waals surface area contributed by atoms with Crippen LogP contribution >= 0.6 is 0 Å². The van der Waals surface area contributed by atoms with E-state index in [0.717, 1.165) is 0 Å². The molecule has 0 amide bonds. The van der Waals surface area contributed by atoms with E-state index in [9.17, 15) is 0 Å². The quantitative estimate of drug-likeness (QED) is 0.808. The molecule has 16 heavy (non-hydrogen) atoms. The van der Waals surface area contributed by atoms with Crippen LogP contribution in [-0.4, -0.2) is 29.0 Å². The number of rotatable bonds is 4. The standard InChI is InChI=1S/C9H12N4O3/c1-9(10,5-14-2)8-11-7(16-13-8)6-3-4-15-12-6/h3-4H,5,10H2,1-2H3. The first kappa shape index (κ1) is 10.8. The number of methoxy groups -OCH3 is 1. The number of hydrogen-bond acceptors (Lipinski definition) is 7. The van der Waals surface area contributed by atoms with Crippen molar-refractivity contribution in [2.24, 2.45) is 5.73 Å². The molecule has 0 spiro atoms. The zero-order chi connectivity index (χ0) is 11.6. The Kier molecular flexibility index (Phi) is 2.71. The van der Waals surface area contributed by atoms with Crippen LogP contribution in [0, 0.1) is 0 Å². The van der Waals surface area contributed by atoms with Crippen molar-refractivity contribution in [3.05, 3.63) is 18.2 Å². The molecule has 0 saturated carbocycles. The summed E-state index contributed by atoms with van der Waals surface area (Å²) in [5.41, 5.74) is 5.65. The Labute approximate surface area is 91.6 Å². The van der Waals surface area contributed by atoms with Crippen LogP contribution in [0.2, 0.25) is 0 Å². The minimum atomic E-state index is -0.791. The second-order valence-electron chi connectivity index (χ2n) is 3.66. The number of ether oxygens (including phenoxy) is 1. The van der Waals surface area contributed by atoms with Gasteiger partial charge >= 0.3 is 0 Å². The second-order valence-corrected chi connectivity index (χ2v) is 3.66. The van der Waals surface area contributed by atoms with Crippen LogP contribution in [0.5, 0.6) is 0 Å². The fraction of sp³-hybridized carbons (Fsp3) is 0.444. The molecule has 0 aliphatic carbocycles. The lowest BCUT2D eigenvalue weighted by atomic mass is 10.1. The minimum absolute atomic E-state index is 0.275. The van der Waals surface area contributed by atoms with Crippen LogP contribution in [0.25, 0.3) is 11.6 Å². The van der Waals surface area contributed by atoms with Gasteiger partial charge in [0, 0.05) is 13.2 Å². The van der Waals surface area contributed by atoms with Gasteiger partial charge in [-0.25, -0.2) is 0 Å². The lowest BCUT2D eigenvalue weighted by Gasteiger charge is -2.18. The van der Waals surface area contributed by atoms with Gasteiger partial charge < -0.3 is 19.5 Å². The van der Waals surface area contributed by atoms with Crippen molar-refractivity contribution in [1.82, 2.24) is 15.3 Å². The highest BCUT2D eigenvalue weighted by atomic mass is 16.5. The van der Waals surface area contributed by atoms with Gasteiger partial charge in [-0.1, -0.05) is 10.3 Å². The zero-order valence-corrected chi connectivity index (χ0v) is 9.01. The van der Waals surface area contributed by atoms with E-state index < -0.39 is 5.54 Å². The summed E-state index contributed by atoms with van der Waals surface area (Å²) in [6.07, 6.45) is 1.43. The van der Waals surface area contributed by atoms with Crippen molar-refractivity contribution in [3.8, 4) is 11.6 Å². The maximum Gasteiger partial charge on any atom is 0.280 e. The maximum atomic E-state index is 5.96. The first-order valence-electron chi connectivity index (χ1n) is 4.66. The monoisotopic (exact) mass is 224 g/mol. The normalized spacial score (nSPS) is 14.9. The first-order valence-corrected chi connectivity index (χ1v) is 4.66. The van der Waals surface area contributed by atoms with E-state index in [4.69, 9.17) is 15.0 Å². The molecule has 2 aromatic heterocycles. The molecule has 2 rings (SSSR count). The van der Waals surface area contributed by atoms with Crippen LogP contribution in [-0.2, 0) is 10.3 Å². The minimum Gasteiger partial charge on any atom is -0.382 e. The molecule has 2 heterocycles. The molecule has 86 valence electrons.